The van der Waals surface area contributed by atoms with E-state index in [1.807, 2.05) is 0 Å². The van der Waals surface area contributed by atoms with Gasteiger partial charge in [-0.3, -0.25) is 9.89 Å². The number of nitrogen functional groups attached to an aromatic ring is 1. The zero-order chi connectivity index (χ0) is 10.8. The highest BCUT2D eigenvalue weighted by Crippen LogP contribution is 2.15. The molecule has 1 aromatic rings. The molecule has 0 aromatic carbocycles. The Morgan fingerprint density at radius 3 is 3.13 bits per heavy atom. The van der Waals surface area contributed by atoms with Gasteiger partial charge in [0.05, 0.1) is 12.3 Å². The first kappa shape index (κ1) is 9.97. The van der Waals surface area contributed by atoms with Gasteiger partial charge in [0.15, 0.2) is 0 Å². The van der Waals surface area contributed by atoms with Gasteiger partial charge in [0, 0.05) is 13.1 Å². The van der Waals surface area contributed by atoms with Crippen LogP contribution in [0.4, 0.5) is 5.82 Å². The average Bonchev–Trinajstić information content (AvgIpc) is 2.63. The number of aliphatic hydroxyl groups is 1. The van der Waals surface area contributed by atoms with Gasteiger partial charge in [-0.1, -0.05) is 0 Å². The maximum Gasteiger partial charge on any atom is 0.259 e. The molecular weight excluding hydrogens is 196 g/mol. The number of piperidine rings is 1. The fourth-order valence-corrected chi connectivity index (χ4v) is 1.78. The third-order valence-corrected chi connectivity index (χ3v) is 2.58. The number of carbonyl (C=O) groups is 1. The number of aromatic amines is 1. The largest absolute Gasteiger partial charge is 0.391 e. The van der Waals surface area contributed by atoms with E-state index in [-0.39, 0.29) is 11.7 Å². The minimum atomic E-state index is -0.421. The molecule has 1 amide bonds. The van der Waals surface area contributed by atoms with E-state index in [2.05, 4.69) is 10.2 Å². The molecular formula is C9H14N4O2. The number of rotatable bonds is 1. The molecule has 1 aliphatic rings. The molecule has 1 fully saturated rings. The summed E-state index contributed by atoms with van der Waals surface area (Å²) < 4.78 is 0. The van der Waals surface area contributed by atoms with Gasteiger partial charge < -0.3 is 15.7 Å². The predicted molar refractivity (Wildman–Crippen MR) is 54.1 cm³/mol. The number of aliphatic hydroxyl groups excluding tert-OH is 1. The summed E-state index contributed by atoms with van der Waals surface area (Å²) >= 11 is 0. The van der Waals surface area contributed by atoms with Crippen LogP contribution in [0.2, 0.25) is 0 Å². The molecule has 6 nitrogen and oxygen atoms in total. The van der Waals surface area contributed by atoms with Crippen molar-refractivity contribution in [1.82, 2.24) is 15.1 Å². The number of H-pyrrole nitrogens is 1. The molecule has 0 bridgehead atoms. The van der Waals surface area contributed by atoms with Crippen molar-refractivity contribution in [3.8, 4) is 0 Å². The van der Waals surface area contributed by atoms with Gasteiger partial charge in [0.1, 0.15) is 11.4 Å². The SMILES string of the molecule is Nc1[nH]ncc1C(=O)N1CCCC(O)C1. The summed E-state index contributed by atoms with van der Waals surface area (Å²) in [5, 5.41) is 15.7. The Balaban J connectivity index is 2.11. The van der Waals surface area contributed by atoms with Crippen LogP contribution in [0.15, 0.2) is 6.20 Å². The van der Waals surface area contributed by atoms with E-state index in [9.17, 15) is 9.90 Å². The number of hydrogen-bond donors (Lipinski definition) is 3. The lowest BCUT2D eigenvalue weighted by atomic mass is 10.1. The van der Waals surface area contributed by atoms with E-state index < -0.39 is 6.10 Å². The molecule has 4 N–H and O–H groups in total. The summed E-state index contributed by atoms with van der Waals surface area (Å²) in [6.45, 7) is 1.05. The highest BCUT2D eigenvalue weighted by Gasteiger charge is 2.24. The molecule has 0 saturated carbocycles. The minimum absolute atomic E-state index is 0.167. The van der Waals surface area contributed by atoms with Crippen LogP contribution in [0.1, 0.15) is 23.2 Å². The maximum absolute atomic E-state index is 11.9. The Hall–Kier alpha value is -1.56. The summed E-state index contributed by atoms with van der Waals surface area (Å²) in [6, 6.07) is 0. The van der Waals surface area contributed by atoms with Gasteiger partial charge in [0.2, 0.25) is 0 Å². The number of likely N-dealkylation sites (tertiary alicyclic amines) is 1. The lowest BCUT2D eigenvalue weighted by Crippen LogP contribution is -2.42. The molecule has 1 atom stereocenters. The van der Waals surface area contributed by atoms with Gasteiger partial charge in [-0.05, 0) is 12.8 Å². The fourth-order valence-electron chi connectivity index (χ4n) is 1.78. The first-order valence-electron chi connectivity index (χ1n) is 4.94. The Kier molecular flexibility index (Phi) is 2.59. The molecule has 0 aliphatic carbocycles. The molecule has 1 aromatic heterocycles. The third kappa shape index (κ3) is 1.94. The molecule has 2 rings (SSSR count). The summed E-state index contributed by atoms with van der Waals surface area (Å²) in [5.41, 5.74) is 5.93. The number of nitrogens with zero attached hydrogens (tertiary/aromatic N) is 2. The fraction of sp³-hybridized carbons (Fsp3) is 0.556. The van der Waals surface area contributed by atoms with E-state index in [1.165, 1.54) is 6.20 Å². The van der Waals surface area contributed by atoms with Crippen molar-refractivity contribution in [3.63, 3.8) is 0 Å². The molecule has 0 spiro atoms. The van der Waals surface area contributed by atoms with Crippen LogP contribution in [0.5, 0.6) is 0 Å². The van der Waals surface area contributed by atoms with Crippen molar-refractivity contribution in [3.05, 3.63) is 11.8 Å². The van der Waals surface area contributed by atoms with Crippen LogP contribution in [-0.4, -0.2) is 45.3 Å². The molecule has 15 heavy (non-hydrogen) atoms. The van der Waals surface area contributed by atoms with Crippen LogP contribution in [0, 0.1) is 0 Å². The van der Waals surface area contributed by atoms with Gasteiger partial charge in [-0.2, -0.15) is 5.10 Å². The number of nitrogens with two attached hydrogens (primary N) is 1. The average molecular weight is 210 g/mol. The minimum Gasteiger partial charge on any atom is -0.391 e. The van der Waals surface area contributed by atoms with E-state index >= 15 is 0 Å². The normalized spacial score (nSPS) is 21.7. The van der Waals surface area contributed by atoms with E-state index in [0.29, 0.717) is 18.7 Å². The van der Waals surface area contributed by atoms with Gasteiger partial charge >= 0.3 is 0 Å². The molecule has 82 valence electrons. The lowest BCUT2D eigenvalue weighted by molar-refractivity contribution is 0.0474. The lowest BCUT2D eigenvalue weighted by Gasteiger charge is -2.29. The summed E-state index contributed by atoms with van der Waals surface area (Å²) in [7, 11) is 0. The molecule has 1 unspecified atom stereocenters. The van der Waals surface area contributed by atoms with Crippen molar-refractivity contribution >= 4 is 11.7 Å². The Morgan fingerprint density at radius 1 is 1.73 bits per heavy atom. The highest BCUT2D eigenvalue weighted by molar-refractivity contribution is 5.98. The second kappa shape index (κ2) is 3.90. The highest BCUT2D eigenvalue weighted by atomic mass is 16.3. The Labute approximate surface area is 87.1 Å². The number of aromatic nitrogens is 2. The van der Waals surface area contributed by atoms with Gasteiger partial charge in [-0.25, -0.2) is 0 Å². The number of carbonyl (C=O) groups excluding carboxylic acids is 1. The maximum atomic E-state index is 11.9. The first-order valence-corrected chi connectivity index (χ1v) is 4.94. The van der Waals surface area contributed by atoms with Crippen LogP contribution < -0.4 is 5.73 Å². The van der Waals surface area contributed by atoms with Gasteiger partial charge in [0.25, 0.3) is 5.91 Å². The third-order valence-electron chi connectivity index (χ3n) is 2.58. The standard InChI is InChI=1S/C9H14N4O2/c10-8-7(4-11-12-8)9(15)13-3-1-2-6(14)5-13/h4,6,14H,1-3,5H2,(H3,10,11,12). The summed E-state index contributed by atoms with van der Waals surface area (Å²) in [5.74, 6) is 0.111. The van der Waals surface area contributed by atoms with E-state index in [1.54, 1.807) is 4.90 Å². The van der Waals surface area contributed by atoms with Crippen molar-refractivity contribution in [2.24, 2.45) is 0 Å². The topological polar surface area (TPSA) is 95.2 Å². The van der Waals surface area contributed by atoms with Crippen LogP contribution in [0.3, 0.4) is 0 Å². The van der Waals surface area contributed by atoms with E-state index in [4.69, 9.17) is 5.73 Å². The second-order valence-corrected chi connectivity index (χ2v) is 3.74. The Bertz CT molecular complexity index is 363. The smallest absolute Gasteiger partial charge is 0.259 e. The van der Waals surface area contributed by atoms with Crippen molar-refractivity contribution in [2.75, 3.05) is 18.8 Å². The van der Waals surface area contributed by atoms with Crippen LogP contribution in [-0.2, 0) is 0 Å². The molecule has 1 aliphatic heterocycles. The number of β-amino-alcohol motifs (C(OH)–C–C–N with tert-alkyl or cyclic N) is 1. The molecule has 2 heterocycles. The number of nitrogens with one attached hydrogen (secondary N) is 1. The zero-order valence-electron chi connectivity index (χ0n) is 8.31. The van der Waals surface area contributed by atoms with Crippen LogP contribution in [0.25, 0.3) is 0 Å². The summed E-state index contributed by atoms with van der Waals surface area (Å²) in [4.78, 5) is 13.5. The van der Waals surface area contributed by atoms with Crippen molar-refractivity contribution in [2.45, 2.75) is 18.9 Å². The van der Waals surface area contributed by atoms with Crippen LogP contribution >= 0.6 is 0 Å². The number of hydrogen-bond acceptors (Lipinski definition) is 4. The molecule has 0 radical (unpaired) electrons. The number of amides is 1. The monoisotopic (exact) mass is 210 g/mol. The molecule has 1 saturated heterocycles. The van der Waals surface area contributed by atoms with Gasteiger partial charge in [-0.15, -0.1) is 0 Å². The zero-order valence-corrected chi connectivity index (χ0v) is 8.31. The van der Waals surface area contributed by atoms with E-state index in [0.717, 1.165) is 12.8 Å². The predicted octanol–water partition coefficient (Wildman–Crippen LogP) is -0.411. The summed E-state index contributed by atoms with van der Waals surface area (Å²) in [6.07, 6.45) is 2.57. The second-order valence-electron chi connectivity index (χ2n) is 3.74. The molecule has 6 heteroatoms. The number of anilines is 1. The Morgan fingerprint density at radius 2 is 2.53 bits per heavy atom. The van der Waals surface area contributed by atoms with Crippen molar-refractivity contribution in [1.29, 1.82) is 0 Å². The quantitative estimate of drug-likeness (QED) is 0.587. The van der Waals surface area contributed by atoms with Crippen molar-refractivity contribution < 1.29 is 9.90 Å². The first-order chi connectivity index (χ1) is 7.18.